The number of aliphatic hydroxyl groups is 3. The molecule has 4 atom stereocenters. The lowest BCUT2D eigenvalue weighted by atomic mass is 10.00. The van der Waals surface area contributed by atoms with Crippen molar-refractivity contribution in [3.63, 3.8) is 0 Å². The van der Waals surface area contributed by atoms with Crippen molar-refractivity contribution in [3.05, 3.63) is 4.91 Å². The van der Waals surface area contributed by atoms with Crippen LogP contribution in [0.3, 0.4) is 0 Å². The summed E-state index contributed by atoms with van der Waals surface area (Å²) < 4.78 is 4.76. The monoisotopic (exact) mass is 177 g/mol. The first-order valence-corrected chi connectivity index (χ1v) is 3.64. The molecule has 0 aromatic heterocycles. The summed E-state index contributed by atoms with van der Waals surface area (Å²) >= 11 is 0. The van der Waals surface area contributed by atoms with Gasteiger partial charge >= 0.3 is 0 Å². The summed E-state index contributed by atoms with van der Waals surface area (Å²) in [5.41, 5.74) is 0. The molecular formula is C6H11NO5. The number of ether oxygens (including phenoxy) is 1. The van der Waals surface area contributed by atoms with E-state index in [4.69, 9.17) is 14.9 Å². The van der Waals surface area contributed by atoms with Crippen LogP contribution in [0, 0.1) is 4.91 Å². The Hall–Kier alpha value is -0.560. The Kier molecular flexibility index (Phi) is 3.10. The topological polar surface area (TPSA) is 99.4 Å². The first kappa shape index (κ1) is 9.53. The van der Waals surface area contributed by atoms with Crippen molar-refractivity contribution in [2.75, 3.05) is 6.61 Å². The van der Waals surface area contributed by atoms with E-state index in [0.29, 0.717) is 0 Å². The molecule has 1 saturated heterocycles. The molecule has 0 aromatic carbocycles. The van der Waals surface area contributed by atoms with Gasteiger partial charge in [0.2, 0.25) is 0 Å². The summed E-state index contributed by atoms with van der Waals surface area (Å²) in [6.45, 7) is -0.440. The number of hydrogen-bond acceptors (Lipinski definition) is 6. The summed E-state index contributed by atoms with van der Waals surface area (Å²) in [5, 5.41) is 29.5. The first-order chi connectivity index (χ1) is 5.69. The van der Waals surface area contributed by atoms with Crippen LogP contribution in [-0.4, -0.2) is 46.5 Å². The molecule has 12 heavy (non-hydrogen) atoms. The van der Waals surface area contributed by atoms with E-state index in [1.54, 1.807) is 0 Å². The Balaban J connectivity index is 2.62. The Morgan fingerprint density at radius 2 is 2.17 bits per heavy atom. The summed E-state index contributed by atoms with van der Waals surface area (Å²) in [4.78, 5) is 10.2. The molecule has 1 rings (SSSR count). The van der Waals surface area contributed by atoms with Crippen molar-refractivity contribution >= 4 is 0 Å². The molecule has 0 bridgehead atoms. The van der Waals surface area contributed by atoms with Crippen LogP contribution >= 0.6 is 0 Å². The van der Waals surface area contributed by atoms with Crippen LogP contribution in [-0.2, 0) is 4.74 Å². The van der Waals surface area contributed by atoms with Crippen molar-refractivity contribution in [3.8, 4) is 0 Å². The summed E-state index contributed by atoms with van der Waals surface area (Å²) in [6, 6.07) is -0.988. The van der Waals surface area contributed by atoms with Crippen LogP contribution in [0.5, 0.6) is 0 Å². The zero-order chi connectivity index (χ0) is 9.14. The van der Waals surface area contributed by atoms with E-state index in [1.165, 1.54) is 0 Å². The second-order valence-corrected chi connectivity index (χ2v) is 2.71. The minimum absolute atomic E-state index is 0.0487. The second-order valence-electron chi connectivity index (χ2n) is 2.71. The molecule has 70 valence electrons. The fourth-order valence-corrected chi connectivity index (χ4v) is 1.22. The zero-order valence-corrected chi connectivity index (χ0v) is 6.33. The molecule has 6 heteroatoms. The predicted octanol–water partition coefficient (Wildman–Crippen LogP) is -1.42. The quantitative estimate of drug-likeness (QED) is 0.449. The third-order valence-electron chi connectivity index (χ3n) is 1.85. The van der Waals surface area contributed by atoms with Crippen LogP contribution in [0.2, 0.25) is 0 Å². The van der Waals surface area contributed by atoms with Crippen molar-refractivity contribution in [1.29, 1.82) is 0 Å². The standard InChI is InChI=1S/C6H11NO5/c8-2-4-6(7-11)3(9)1-5(10)12-4/h3-6,8-10H,1-2H2. The number of aliphatic hydroxyl groups excluding tert-OH is 3. The molecule has 0 aromatic rings. The van der Waals surface area contributed by atoms with E-state index in [2.05, 4.69) is 5.18 Å². The highest BCUT2D eigenvalue weighted by atomic mass is 16.6. The molecule has 0 radical (unpaired) electrons. The molecule has 1 fully saturated rings. The van der Waals surface area contributed by atoms with Crippen molar-refractivity contribution < 1.29 is 20.1 Å². The Morgan fingerprint density at radius 3 is 2.67 bits per heavy atom. The molecule has 1 aliphatic heterocycles. The molecule has 3 N–H and O–H groups in total. The highest BCUT2D eigenvalue weighted by molar-refractivity contribution is 4.87. The normalized spacial score (nSPS) is 42.6. The van der Waals surface area contributed by atoms with Crippen LogP contribution in [0.15, 0.2) is 5.18 Å². The number of nitrogens with zero attached hydrogens (tertiary/aromatic N) is 1. The maximum atomic E-state index is 10.2. The van der Waals surface area contributed by atoms with Crippen LogP contribution < -0.4 is 0 Å². The van der Waals surface area contributed by atoms with Gasteiger partial charge in [0.15, 0.2) is 6.29 Å². The minimum Gasteiger partial charge on any atom is -0.394 e. The first-order valence-electron chi connectivity index (χ1n) is 3.64. The largest absolute Gasteiger partial charge is 0.394 e. The molecule has 0 aliphatic carbocycles. The lowest BCUT2D eigenvalue weighted by Gasteiger charge is -2.32. The fraction of sp³-hybridized carbons (Fsp3) is 1.00. The van der Waals surface area contributed by atoms with Gasteiger partial charge in [0.05, 0.1) is 12.7 Å². The van der Waals surface area contributed by atoms with Crippen molar-refractivity contribution in [1.82, 2.24) is 0 Å². The van der Waals surface area contributed by atoms with E-state index in [-0.39, 0.29) is 6.42 Å². The lowest BCUT2D eigenvalue weighted by molar-refractivity contribution is -0.204. The molecule has 1 heterocycles. The average molecular weight is 177 g/mol. The van der Waals surface area contributed by atoms with E-state index in [0.717, 1.165) is 0 Å². The van der Waals surface area contributed by atoms with Crippen LogP contribution in [0.25, 0.3) is 0 Å². The Morgan fingerprint density at radius 1 is 1.50 bits per heavy atom. The summed E-state index contributed by atoms with van der Waals surface area (Å²) in [6.07, 6.45) is -3.12. The van der Waals surface area contributed by atoms with Gasteiger partial charge in [-0.05, 0) is 0 Å². The minimum atomic E-state index is -1.13. The molecule has 6 nitrogen and oxygen atoms in total. The molecule has 0 amide bonds. The van der Waals surface area contributed by atoms with Gasteiger partial charge in [0, 0.05) is 6.42 Å². The van der Waals surface area contributed by atoms with Gasteiger partial charge in [-0.3, -0.25) is 0 Å². The number of rotatable bonds is 2. The van der Waals surface area contributed by atoms with E-state index >= 15 is 0 Å². The second kappa shape index (κ2) is 3.90. The highest BCUT2D eigenvalue weighted by Gasteiger charge is 2.37. The fourth-order valence-electron chi connectivity index (χ4n) is 1.22. The maximum Gasteiger partial charge on any atom is 0.157 e. The van der Waals surface area contributed by atoms with Crippen LogP contribution in [0.1, 0.15) is 6.42 Å². The Labute approximate surface area is 68.7 Å². The van der Waals surface area contributed by atoms with E-state index < -0.39 is 31.1 Å². The van der Waals surface area contributed by atoms with Gasteiger partial charge in [0.25, 0.3) is 0 Å². The smallest absolute Gasteiger partial charge is 0.157 e. The van der Waals surface area contributed by atoms with Gasteiger partial charge < -0.3 is 20.1 Å². The molecular weight excluding hydrogens is 166 g/mol. The third-order valence-corrected chi connectivity index (χ3v) is 1.85. The molecule has 1 aliphatic rings. The molecule has 4 unspecified atom stereocenters. The van der Waals surface area contributed by atoms with Crippen molar-refractivity contribution in [2.45, 2.75) is 31.0 Å². The summed E-state index contributed by atoms with van der Waals surface area (Å²) in [5.74, 6) is 0. The van der Waals surface area contributed by atoms with Gasteiger partial charge in [-0.15, -0.1) is 0 Å². The Bertz CT molecular complexity index is 164. The predicted molar refractivity (Wildman–Crippen MR) is 38.2 cm³/mol. The maximum absolute atomic E-state index is 10.2. The average Bonchev–Trinajstić information content (AvgIpc) is 2.03. The van der Waals surface area contributed by atoms with E-state index in [1.807, 2.05) is 0 Å². The van der Waals surface area contributed by atoms with Crippen molar-refractivity contribution in [2.24, 2.45) is 5.18 Å². The number of nitroso groups, excluding NO2 is 1. The van der Waals surface area contributed by atoms with Gasteiger partial charge in [0.1, 0.15) is 12.1 Å². The zero-order valence-electron chi connectivity index (χ0n) is 6.33. The lowest BCUT2D eigenvalue weighted by Crippen LogP contribution is -2.48. The molecule has 0 saturated carbocycles. The van der Waals surface area contributed by atoms with E-state index in [9.17, 15) is 10.0 Å². The summed E-state index contributed by atoms with van der Waals surface area (Å²) in [7, 11) is 0. The number of hydrogen-bond donors (Lipinski definition) is 3. The third kappa shape index (κ3) is 1.78. The highest BCUT2D eigenvalue weighted by Crippen LogP contribution is 2.20. The van der Waals surface area contributed by atoms with Crippen LogP contribution in [0.4, 0.5) is 0 Å². The van der Waals surface area contributed by atoms with Gasteiger partial charge in [-0.25, -0.2) is 0 Å². The van der Waals surface area contributed by atoms with Gasteiger partial charge in [-0.1, -0.05) is 5.18 Å². The van der Waals surface area contributed by atoms with Gasteiger partial charge in [-0.2, -0.15) is 4.91 Å². The molecule has 0 spiro atoms. The SMILES string of the molecule is O=NC1C(O)CC(O)OC1CO.